The summed E-state index contributed by atoms with van der Waals surface area (Å²) in [6.07, 6.45) is 1.79. The number of anilines is 1. The number of hydrogen-bond acceptors (Lipinski definition) is 5. The van der Waals surface area contributed by atoms with Gasteiger partial charge >= 0.3 is 5.82 Å². The van der Waals surface area contributed by atoms with Gasteiger partial charge in [0.2, 0.25) is 0 Å². The fourth-order valence-electron chi connectivity index (χ4n) is 1.17. The van der Waals surface area contributed by atoms with Gasteiger partial charge in [-0.3, -0.25) is 0 Å². The first-order chi connectivity index (χ1) is 6.45. The van der Waals surface area contributed by atoms with Crippen LogP contribution in [0.4, 0.5) is 11.5 Å². The van der Waals surface area contributed by atoms with E-state index in [0.29, 0.717) is 5.69 Å². The quantitative estimate of drug-likeness (QED) is 0.366. The first kappa shape index (κ1) is 10.8. The Morgan fingerprint density at radius 3 is 2.57 bits per heavy atom. The molecule has 0 spiro atoms. The summed E-state index contributed by atoms with van der Waals surface area (Å²) in [5.41, 5.74) is 6.84. The standard InChI is InChI=1S/C8H16N5O/c1-3-4-6-5-7(9)8(12-11-6)13(2,10)14/h5,14H,3-4,10H2,1-2H3,(H2,9,11)/q+1. The summed E-state index contributed by atoms with van der Waals surface area (Å²) in [7, 11) is 1.36. The van der Waals surface area contributed by atoms with Gasteiger partial charge in [0, 0.05) is 0 Å². The Hall–Kier alpha value is -1.24. The average molecular weight is 198 g/mol. The van der Waals surface area contributed by atoms with Gasteiger partial charge in [-0.15, -0.1) is 10.9 Å². The van der Waals surface area contributed by atoms with Crippen LogP contribution in [0.25, 0.3) is 0 Å². The predicted octanol–water partition coefficient (Wildman–Crippen LogP) is 0.211. The van der Waals surface area contributed by atoms with Crippen molar-refractivity contribution >= 4 is 11.5 Å². The maximum Gasteiger partial charge on any atom is 0.322 e. The zero-order valence-electron chi connectivity index (χ0n) is 8.44. The number of nitrogen functional groups attached to an aromatic ring is 1. The molecule has 78 valence electrons. The summed E-state index contributed by atoms with van der Waals surface area (Å²) in [5, 5.41) is 17.1. The second kappa shape index (κ2) is 3.87. The van der Waals surface area contributed by atoms with Crippen LogP contribution in [0.1, 0.15) is 19.0 Å². The number of rotatable bonds is 3. The number of quaternary nitrogens is 1. The van der Waals surface area contributed by atoms with Crippen LogP contribution in [0.2, 0.25) is 0 Å². The fourth-order valence-corrected chi connectivity index (χ4v) is 1.17. The zero-order valence-corrected chi connectivity index (χ0v) is 8.44. The van der Waals surface area contributed by atoms with Crippen molar-refractivity contribution in [2.24, 2.45) is 5.84 Å². The van der Waals surface area contributed by atoms with Crippen molar-refractivity contribution in [3.63, 3.8) is 0 Å². The molecule has 0 radical (unpaired) electrons. The van der Waals surface area contributed by atoms with Crippen molar-refractivity contribution in [2.45, 2.75) is 19.8 Å². The molecule has 0 saturated heterocycles. The van der Waals surface area contributed by atoms with E-state index >= 15 is 0 Å². The van der Waals surface area contributed by atoms with E-state index in [0.717, 1.165) is 18.5 Å². The van der Waals surface area contributed by atoms with E-state index in [1.54, 1.807) is 6.07 Å². The molecule has 0 fully saturated rings. The highest BCUT2D eigenvalue weighted by Crippen LogP contribution is 2.20. The number of aryl methyl sites for hydroxylation is 1. The van der Waals surface area contributed by atoms with Crippen LogP contribution in [0.15, 0.2) is 6.07 Å². The Bertz CT molecular complexity index is 320. The van der Waals surface area contributed by atoms with Gasteiger partial charge < -0.3 is 5.73 Å². The van der Waals surface area contributed by atoms with Crippen molar-refractivity contribution in [2.75, 3.05) is 12.8 Å². The molecule has 1 aromatic rings. The molecule has 0 amide bonds. The molecule has 0 saturated carbocycles. The molecule has 0 aromatic carbocycles. The number of nitrogens with two attached hydrogens (primary N) is 2. The van der Waals surface area contributed by atoms with E-state index < -0.39 is 4.76 Å². The molecule has 0 aliphatic heterocycles. The third-order valence-electron chi connectivity index (χ3n) is 1.79. The summed E-state index contributed by atoms with van der Waals surface area (Å²) < 4.78 is -0.898. The van der Waals surface area contributed by atoms with Gasteiger partial charge in [-0.25, -0.2) is 0 Å². The second-order valence-electron chi connectivity index (χ2n) is 3.39. The lowest BCUT2D eigenvalue weighted by atomic mass is 10.2. The number of aromatic nitrogens is 2. The van der Waals surface area contributed by atoms with E-state index in [-0.39, 0.29) is 5.82 Å². The van der Waals surface area contributed by atoms with E-state index in [1.165, 1.54) is 7.05 Å². The molecule has 0 aliphatic carbocycles. The second-order valence-corrected chi connectivity index (χ2v) is 3.39. The topological polar surface area (TPSA) is 98.0 Å². The molecule has 1 atom stereocenters. The fraction of sp³-hybridized carbons (Fsp3) is 0.500. The van der Waals surface area contributed by atoms with Gasteiger partial charge in [0.05, 0.1) is 5.69 Å². The van der Waals surface area contributed by atoms with Gasteiger partial charge in [0.25, 0.3) is 0 Å². The summed E-state index contributed by atoms with van der Waals surface area (Å²) in [5.74, 6) is 5.55. The van der Waals surface area contributed by atoms with E-state index in [9.17, 15) is 5.21 Å². The Morgan fingerprint density at radius 1 is 1.50 bits per heavy atom. The first-order valence-corrected chi connectivity index (χ1v) is 4.45. The molecule has 1 heterocycles. The normalized spacial score (nSPS) is 15.1. The Morgan fingerprint density at radius 2 is 2.14 bits per heavy atom. The monoisotopic (exact) mass is 198 g/mol. The molecule has 1 unspecified atom stereocenters. The zero-order chi connectivity index (χ0) is 10.8. The van der Waals surface area contributed by atoms with Crippen molar-refractivity contribution in [3.8, 4) is 0 Å². The molecule has 0 bridgehead atoms. The molecule has 1 aromatic heterocycles. The van der Waals surface area contributed by atoms with Crippen molar-refractivity contribution in [1.82, 2.24) is 15.0 Å². The smallest absolute Gasteiger partial charge is 0.322 e. The molecule has 5 N–H and O–H groups in total. The van der Waals surface area contributed by atoms with Crippen LogP contribution in [-0.2, 0) is 6.42 Å². The van der Waals surface area contributed by atoms with Crippen LogP contribution in [0.3, 0.4) is 0 Å². The minimum Gasteiger partial charge on any atom is -0.392 e. The van der Waals surface area contributed by atoms with Gasteiger partial charge in [0.1, 0.15) is 12.7 Å². The number of hydroxylamine groups is 1. The summed E-state index contributed by atoms with van der Waals surface area (Å²) >= 11 is 0. The van der Waals surface area contributed by atoms with Crippen LogP contribution in [0.5, 0.6) is 0 Å². The van der Waals surface area contributed by atoms with Crippen molar-refractivity contribution < 1.29 is 5.21 Å². The van der Waals surface area contributed by atoms with Gasteiger partial charge in [-0.1, -0.05) is 23.2 Å². The van der Waals surface area contributed by atoms with Crippen LogP contribution < -0.4 is 16.3 Å². The first-order valence-electron chi connectivity index (χ1n) is 4.45. The van der Waals surface area contributed by atoms with Crippen LogP contribution >= 0.6 is 0 Å². The summed E-state index contributed by atoms with van der Waals surface area (Å²) in [4.78, 5) is 0. The van der Waals surface area contributed by atoms with E-state index in [2.05, 4.69) is 10.2 Å². The molecular weight excluding hydrogens is 182 g/mol. The lowest BCUT2D eigenvalue weighted by molar-refractivity contribution is -0.0597. The Kier molecular flexibility index (Phi) is 3.00. The molecule has 1 rings (SSSR count). The van der Waals surface area contributed by atoms with Crippen molar-refractivity contribution in [1.29, 1.82) is 0 Å². The third-order valence-corrected chi connectivity index (χ3v) is 1.79. The highest BCUT2D eigenvalue weighted by molar-refractivity contribution is 5.57. The highest BCUT2D eigenvalue weighted by atomic mass is 16.6. The van der Waals surface area contributed by atoms with E-state index in [1.807, 2.05) is 6.92 Å². The lowest BCUT2D eigenvalue weighted by Gasteiger charge is -2.16. The lowest BCUT2D eigenvalue weighted by Crippen LogP contribution is -2.49. The van der Waals surface area contributed by atoms with Crippen LogP contribution in [0, 0.1) is 0 Å². The number of hydrogen-bond donors (Lipinski definition) is 3. The minimum absolute atomic E-state index is 0.157. The Labute approximate surface area is 82.7 Å². The summed E-state index contributed by atoms with van der Waals surface area (Å²) in [6.45, 7) is 2.04. The largest absolute Gasteiger partial charge is 0.392 e. The van der Waals surface area contributed by atoms with Crippen molar-refractivity contribution in [3.05, 3.63) is 11.8 Å². The Balaban J connectivity index is 3.02. The van der Waals surface area contributed by atoms with Gasteiger partial charge in [-0.05, 0) is 12.5 Å². The number of nitrogens with zero attached hydrogens (tertiary/aromatic N) is 3. The minimum atomic E-state index is -0.898. The van der Waals surface area contributed by atoms with Gasteiger partial charge in [-0.2, -0.15) is 5.21 Å². The molecule has 6 heteroatoms. The predicted molar refractivity (Wildman–Crippen MR) is 54.1 cm³/mol. The average Bonchev–Trinajstić information content (AvgIpc) is 2.02. The maximum absolute atomic E-state index is 9.42. The molecule has 0 aliphatic rings. The SMILES string of the molecule is CCCc1cc(N)c([N+](C)(N)O)nn1. The third kappa shape index (κ3) is 2.38. The molecule has 14 heavy (non-hydrogen) atoms. The van der Waals surface area contributed by atoms with E-state index in [4.69, 9.17) is 11.6 Å². The maximum atomic E-state index is 9.42. The highest BCUT2D eigenvalue weighted by Gasteiger charge is 2.23. The van der Waals surface area contributed by atoms with Gasteiger partial charge in [0.15, 0.2) is 0 Å². The van der Waals surface area contributed by atoms with Crippen LogP contribution in [-0.4, -0.2) is 22.5 Å². The molecule has 6 nitrogen and oxygen atoms in total. The summed E-state index contributed by atoms with van der Waals surface area (Å²) in [6, 6.07) is 1.69. The molecular formula is C8H16N5O+.